The van der Waals surface area contributed by atoms with E-state index in [-0.39, 0.29) is 24.2 Å². The number of hydrogen-bond acceptors (Lipinski definition) is 5. The molecule has 0 unspecified atom stereocenters. The zero-order valence-corrected chi connectivity index (χ0v) is 17.6. The van der Waals surface area contributed by atoms with Crippen LogP contribution in [0.2, 0.25) is 0 Å². The topological polar surface area (TPSA) is 93.6 Å². The van der Waals surface area contributed by atoms with Gasteiger partial charge in [-0.2, -0.15) is 13.2 Å². The van der Waals surface area contributed by atoms with Crippen LogP contribution >= 0.6 is 0 Å². The zero-order chi connectivity index (χ0) is 24.0. The van der Waals surface area contributed by atoms with Gasteiger partial charge in [-0.05, 0) is 36.0 Å². The molecule has 0 aromatic heterocycles. The molecule has 0 aliphatic carbocycles. The van der Waals surface area contributed by atoms with Gasteiger partial charge in [0.1, 0.15) is 18.2 Å². The van der Waals surface area contributed by atoms with Crippen molar-refractivity contribution < 1.29 is 27.1 Å². The highest BCUT2D eigenvalue weighted by atomic mass is 19.4. The fourth-order valence-electron chi connectivity index (χ4n) is 3.34. The number of nitrogens with zero attached hydrogens (tertiary/aromatic N) is 1. The molecule has 1 aliphatic heterocycles. The van der Waals surface area contributed by atoms with E-state index in [0.717, 1.165) is 12.1 Å². The average molecular weight is 464 g/mol. The third-order valence-corrected chi connectivity index (χ3v) is 5.13. The lowest BCUT2D eigenvalue weighted by molar-refractivity contribution is -0.137. The zero-order valence-electron chi connectivity index (χ0n) is 17.6. The SMILES string of the molecule is N/C=C\C(=C/N)NC(=O)C1CN(Cc2ccc(OCc3cccc(C(F)(F)F)c3)cc2F)C1. The fourth-order valence-corrected chi connectivity index (χ4v) is 3.34. The van der Waals surface area contributed by atoms with Crippen molar-refractivity contribution in [2.75, 3.05) is 13.1 Å². The van der Waals surface area contributed by atoms with Crippen LogP contribution in [0.3, 0.4) is 0 Å². The van der Waals surface area contributed by atoms with Gasteiger partial charge in [-0.3, -0.25) is 9.69 Å². The van der Waals surface area contributed by atoms with Gasteiger partial charge in [-0.15, -0.1) is 0 Å². The number of benzene rings is 2. The Balaban J connectivity index is 1.50. The summed E-state index contributed by atoms with van der Waals surface area (Å²) < 4.78 is 58.4. The number of nitrogens with two attached hydrogens (primary N) is 2. The Morgan fingerprint density at radius 2 is 1.94 bits per heavy atom. The predicted octanol–water partition coefficient (Wildman–Crippen LogP) is 3.24. The van der Waals surface area contributed by atoms with Gasteiger partial charge in [-0.1, -0.05) is 18.2 Å². The first-order chi connectivity index (χ1) is 15.7. The van der Waals surface area contributed by atoms with Crippen LogP contribution in [0.1, 0.15) is 16.7 Å². The van der Waals surface area contributed by atoms with Crippen LogP contribution in [0.4, 0.5) is 17.6 Å². The van der Waals surface area contributed by atoms with Gasteiger partial charge >= 0.3 is 6.18 Å². The monoisotopic (exact) mass is 464 g/mol. The molecule has 33 heavy (non-hydrogen) atoms. The maximum absolute atomic E-state index is 14.5. The molecule has 1 heterocycles. The first kappa shape index (κ1) is 24.1. The number of hydrogen-bond donors (Lipinski definition) is 3. The maximum atomic E-state index is 14.5. The molecule has 6 nitrogen and oxygen atoms in total. The summed E-state index contributed by atoms with van der Waals surface area (Å²) in [4.78, 5) is 14.1. The van der Waals surface area contributed by atoms with Crippen molar-refractivity contribution in [1.29, 1.82) is 0 Å². The van der Waals surface area contributed by atoms with Gasteiger partial charge in [0.15, 0.2) is 0 Å². The summed E-state index contributed by atoms with van der Waals surface area (Å²) in [6.45, 7) is 1.11. The minimum absolute atomic E-state index is 0.121. The molecule has 1 aliphatic rings. The lowest BCUT2D eigenvalue weighted by atomic mass is 9.98. The average Bonchev–Trinajstić information content (AvgIpc) is 2.74. The first-order valence-electron chi connectivity index (χ1n) is 10.1. The van der Waals surface area contributed by atoms with Crippen LogP contribution < -0.4 is 21.5 Å². The Kier molecular flexibility index (Phi) is 7.59. The third-order valence-electron chi connectivity index (χ3n) is 5.13. The van der Waals surface area contributed by atoms with E-state index in [1.165, 1.54) is 36.7 Å². The van der Waals surface area contributed by atoms with E-state index < -0.39 is 17.6 Å². The Labute approximate surface area is 188 Å². The number of carbonyl (C=O) groups is 1. The number of nitrogens with one attached hydrogen (secondary N) is 1. The number of allylic oxidation sites excluding steroid dienone is 1. The molecule has 0 atom stereocenters. The summed E-state index contributed by atoms with van der Waals surface area (Å²) in [5.41, 5.74) is 11.1. The second kappa shape index (κ2) is 10.4. The molecule has 1 fully saturated rings. The van der Waals surface area contributed by atoms with Gasteiger partial charge in [0, 0.05) is 37.5 Å². The number of rotatable bonds is 8. The molecular weight excluding hydrogens is 440 g/mol. The summed E-state index contributed by atoms with van der Waals surface area (Å²) in [6, 6.07) is 9.11. The van der Waals surface area contributed by atoms with Crippen molar-refractivity contribution in [2.24, 2.45) is 17.4 Å². The lowest BCUT2D eigenvalue weighted by Crippen LogP contribution is -2.52. The van der Waals surface area contributed by atoms with Crippen LogP contribution in [0.15, 0.2) is 66.6 Å². The fraction of sp³-hybridized carbons (Fsp3) is 0.261. The van der Waals surface area contributed by atoms with Crippen LogP contribution in [0, 0.1) is 11.7 Å². The molecule has 0 bridgehead atoms. The highest BCUT2D eigenvalue weighted by molar-refractivity contribution is 5.82. The van der Waals surface area contributed by atoms with E-state index in [1.54, 1.807) is 12.1 Å². The van der Waals surface area contributed by atoms with E-state index in [2.05, 4.69) is 5.32 Å². The van der Waals surface area contributed by atoms with Crippen LogP contribution in [-0.2, 0) is 24.1 Å². The van der Waals surface area contributed by atoms with Gasteiger partial charge in [0.05, 0.1) is 17.2 Å². The summed E-state index contributed by atoms with van der Waals surface area (Å²) in [5.74, 6) is -0.724. The number of halogens is 4. The van der Waals surface area contributed by atoms with E-state index in [9.17, 15) is 22.4 Å². The highest BCUT2D eigenvalue weighted by Gasteiger charge is 2.33. The standard InChI is InChI=1S/C23H24F4N4O2/c24-21-9-20(33-14-15-2-1-3-18(8-15)23(25,26)27)5-4-16(21)11-31-12-17(13-31)22(32)30-19(10-29)6-7-28/h1-10,17H,11-14,28-29H2,(H,30,32)/b7-6-,19-10+. The molecular formula is C23H24F4N4O2. The quantitative estimate of drug-likeness (QED) is 0.412. The van der Waals surface area contributed by atoms with E-state index in [1.807, 2.05) is 4.90 Å². The molecule has 0 saturated carbocycles. The van der Waals surface area contributed by atoms with Crippen molar-refractivity contribution in [3.8, 4) is 5.75 Å². The Hall–Kier alpha value is -3.53. The molecule has 3 rings (SSSR count). The van der Waals surface area contributed by atoms with Gasteiger partial charge in [0.25, 0.3) is 0 Å². The van der Waals surface area contributed by atoms with Crippen molar-refractivity contribution in [3.05, 3.63) is 89.1 Å². The molecule has 176 valence electrons. The van der Waals surface area contributed by atoms with Crippen LogP contribution in [-0.4, -0.2) is 23.9 Å². The van der Waals surface area contributed by atoms with Gasteiger partial charge in [-0.25, -0.2) is 4.39 Å². The largest absolute Gasteiger partial charge is 0.489 e. The number of ether oxygens (including phenoxy) is 1. The summed E-state index contributed by atoms with van der Waals surface area (Å²) in [7, 11) is 0. The minimum Gasteiger partial charge on any atom is -0.489 e. The highest BCUT2D eigenvalue weighted by Crippen LogP contribution is 2.30. The van der Waals surface area contributed by atoms with Crippen molar-refractivity contribution in [2.45, 2.75) is 19.3 Å². The molecule has 1 amide bonds. The Bertz CT molecular complexity index is 1050. The van der Waals surface area contributed by atoms with E-state index in [4.69, 9.17) is 16.2 Å². The lowest BCUT2D eigenvalue weighted by Gasteiger charge is -2.38. The minimum atomic E-state index is -4.44. The molecule has 10 heteroatoms. The maximum Gasteiger partial charge on any atom is 0.416 e. The molecule has 0 spiro atoms. The van der Waals surface area contributed by atoms with Gasteiger partial charge < -0.3 is 21.5 Å². The number of amides is 1. The summed E-state index contributed by atoms with van der Waals surface area (Å²) >= 11 is 0. The number of likely N-dealkylation sites (tertiary alicyclic amines) is 1. The Morgan fingerprint density at radius 1 is 1.18 bits per heavy atom. The summed E-state index contributed by atoms with van der Waals surface area (Å²) in [5, 5.41) is 2.66. The van der Waals surface area contributed by atoms with Crippen molar-refractivity contribution in [3.63, 3.8) is 0 Å². The molecule has 2 aromatic carbocycles. The van der Waals surface area contributed by atoms with Crippen molar-refractivity contribution >= 4 is 5.91 Å². The van der Waals surface area contributed by atoms with Crippen LogP contribution in [0.25, 0.3) is 0 Å². The smallest absolute Gasteiger partial charge is 0.416 e. The third kappa shape index (κ3) is 6.48. The van der Waals surface area contributed by atoms with Crippen LogP contribution in [0.5, 0.6) is 5.75 Å². The normalized spacial score (nSPS) is 15.5. The van der Waals surface area contributed by atoms with Gasteiger partial charge in [0.2, 0.25) is 5.91 Å². The second-order valence-corrected chi connectivity index (χ2v) is 7.60. The van der Waals surface area contributed by atoms with E-state index in [0.29, 0.717) is 36.5 Å². The Morgan fingerprint density at radius 3 is 2.58 bits per heavy atom. The molecule has 5 N–H and O–H groups in total. The predicted molar refractivity (Wildman–Crippen MR) is 115 cm³/mol. The molecule has 1 saturated heterocycles. The van der Waals surface area contributed by atoms with Crippen molar-refractivity contribution in [1.82, 2.24) is 10.2 Å². The number of alkyl halides is 3. The van der Waals surface area contributed by atoms with E-state index >= 15 is 0 Å². The molecule has 2 aromatic rings. The summed E-state index contributed by atoms with van der Waals surface area (Å²) in [6.07, 6.45) is -0.461. The first-order valence-corrected chi connectivity index (χ1v) is 10.1. The molecule has 0 radical (unpaired) electrons. The second-order valence-electron chi connectivity index (χ2n) is 7.60. The number of carbonyl (C=O) groups excluding carboxylic acids is 1.